The molecule has 97 valence electrons. The number of benzene rings is 1. The van der Waals surface area contributed by atoms with E-state index in [4.69, 9.17) is 9.57 Å². The standard InChI is InChI=1S/C14H19NO3/c1-17-13-9-7-11(8-10-13)14(16)18-15-12-5-3-2-4-6-12/h7-10,12,15H,2-6H2,1H3/q+1. The molecule has 4 heteroatoms. The Hall–Kier alpha value is -1.55. The topological polar surface area (TPSA) is 49.6 Å². The summed E-state index contributed by atoms with van der Waals surface area (Å²) < 4.78 is 5.04. The highest BCUT2D eigenvalue weighted by Crippen LogP contribution is 2.17. The van der Waals surface area contributed by atoms with Gasteiger partial charge in [-0.25, -0.2) is 4.79 Å². The maximum atomic E-state index is 11.8. The summed E-state index contributed by atoms with van der Waals surface area (Å²) in [6.07, 6.45) is 5.85. The second-order valence-electron chi connectivity index (χ2n) is 4.57. The van der Waals surface area contributed by atoms with Crippen LogP contribution in [0.15, 0.2) is 24.3 Å². The normalized spacial score (nSPS) is 16.3. The minimum absolute atomic E-state index is 0.306. The first kappa shape index (κ1) is 12.9. The number of rotatable bonds is 4. The molecule has 0 atom stereocenters. The summed E-state index contributed by atoms with van der Waals surface area (Å²) in [6, 6.07) is 7.20. The van der Waals surface area contributed by atoms with Gasteiger partial charge in [-0.05, 0) is 25.0 Å². The summed E-state index contributed by atoms with van der Waals surface area (Å²) in [6.45, 7) is 0. The van der Waals surface area contributed by atoms with Crippen LogP contribution in [-0.4, -0.2) is 19.1 Å². The molecule has 2 rings (SSSR count). The second-order valence-corrected chi connectivity index (χ2v) is 4.57. The molecule has 1 aromatic carbocycles. The highest BCUT2D eigenvalue weighted by molar-refractivity contribution is 5.89. The largest absolute Gasteiger partial charge is 0.366 e. The number of hydrogen-bond donors (Lipinski definition) is 1. The lowest BCUT2D eigenvalue weighted by Gasteiger charge is -2.21. The van der Waals surface area contributed by atoms with Crippen molar-refractivity contribution in [2.75, 3.05) is 7.11 Å². The summed E-state index contributed by atoms with van der Waals surface area (Å²) in [5, 5.41) is 0. The first-order chi connectivity index (χ1) is 8.79. The van der Waals surface area contributed by atoms with Gasteiger partial charge in [-0.1, -0.05) is 19.3 Å². The lowest BCUT2D eigenvalue weighted by atomic mass is 9.96. The number of ether oxygens (including phenoxy) is 1. The first-order valence-electron chi connectivity index (χ1n) is 6.40. The van der Waals surface area contributed by atoms with Gasteiger partial charge in [0.25, 0.3) is 7.11 Å². The summed E-state index contributed by atoms with van der Waals surface area (Å²) in [5.41, 5.74) is 3.39. The maximum absolute atomic E-state index is 11.8. The van der Waals surface area contributed by atoms with Crippen molar-refractivity contribution in [2.24, 2.45) is 0 Å². The molecule has 18 heavy (non-hydrogen) atoms. The van der Waals surface area contributed by atoms with Gasteiger partial charge in [-0.3, -0.25) is 4.74 Å². The van der Waals surface area contributed by atoms with E-state index in [-0.39, 0.29) is 5.97 Å². The monoisotopic (exact) mass is 249 g/mol. The zero-order valence-corrected chi connectivity index (χ0v) is 10.6. The highest BCUT2D eigenvalue weighted by atomic mass is 16.7. The molecular weight excluding hydrogens is 230 g/mol. The molecule has 1 N–H and O–H groups in total. The molecule has 1 aliphatic rings. The summed E-state index contributed by atoms with van der Waals surface area (Å²) in [5.74, 6) is 0.384. The zero-order chi connectivity index (χ0) is 12.8. The number of methoxy groups -OCH3 is 1. The van der Waals surface area contributed by atoms with Gasteiger partial charge in [0, 0.05) is 18.2 Å². The minimum atomic E-state index is -0.344. The van der Waals surface area contributed by atoms with Gasteiger partial charge >= 0.3 is 11.7 Å². The lowest BCUT2D eigenvalue weighted by molar-refractivity contribution is 0.0113. The Kier molecular flexibility index (Phi) is 4.59. The second kappa shape index (κ2) is 6.40. The molecule has 4 nitrogen and oxygen atoms in total. The van der Waals surface area contributed by atoms with Crippen molar-refractivity contribution >= 4 is 5.97 Å². The van der Waals surface area contributed by atoms with E-state index in [1.165, 1.54) is 19.3 Å². The fraction of sp³-hybridized carbons (Fsp3) is 0.500. The van der Waals surface area contributed by atoms with Crippen molar-refractivity contribution in [3.63, 3.8) is 0 Å². The Balaban J connectivity index is 1.82. The first-order valence-corrected chi connectivity index (χ1v) is 6.40. The van der Waals surface area contributed by atoms with Crippen LogP contribution in [0.2, 0.25) is 0 Å². The van der Waals surface area contributed by atoms with E-state index in [2.05, 4.69) is 5.48 Å². The van der Waals surface area contributed by atoms with Crippen molar-refractivity contribution < 1.29 is 14.4 Å². The molecule has 1 aromatic rings. The molecule has 0 saturated heterocycles. The molecule has 1 radical (unpaired) electrons. The zero-order valence-electron chi connectivity index (χ0n) is 10.6. The number of nitrogens with one attached hydrogen (secondary N) is 1. The van der Waals surface area contributed by atoms with Gasteiger partial charge < -0.3 is 4.84 Å². The fourth-order valence-corrected chi connectivity index (χ4v) is 2.14. The lowest BCUT2D eigenvalue weighted by Crippen LogP contribution is -2.33. The van der Waals surface area contributed by atoms with Crippen LogP contribution in [0.5, 0.6) is 5.75 Å². The van der Waals surface area contributed by atoms with Crippen LogP contribution >= 0.6 is 0 Å². The van der Waals surface area contributed by atoms with E-state index >= 15 is 0 Å². The van der Waals surface area contributed by atoms with Crippen molar-refractivity contribution in [1.29, 1.82) is 0 Å². The number of carbonyl (C=O) groups is 1. The van der Waals surface area contributed by atoms with Crippen LogP contribution in [0.4, 0.5) is 0 Å². The number of hydroxylamine groups is 1. The average Bonchev–Trinajstić information content (AvgIpc) is 2.46. The molecule has 1 aliphatic carbocycles. The van der Waals surface area contributed by atoms with E-state index < -0.39 is 0 Å². The summed E-state index contributed by atoms with van der Waals surface area (Å²) in [4.78, 5) is 16.9. The van der Waals surface area contributed by atoms with Crippen molar-refractivity contribution in [3.8, 4) is 5.75 Å². The SMILES string of the molecule is C[O+]c1ccc(C(=O)ONC2CCCCC2)cc1. The third-order valence-electron chi connectivity index (χ3n) is 3.25. The Morgan fingerprint density at radius 2 is 1.89 bits per heavy atom. The Bertz CT molecular complexity index is 383. The highest BCUT2D eigenvalue weighted by Gasteiger charge is 2.16. The molecule has 1 saturated carbocycles. The Morgan fingerprint density at radius 1 is 1.22 bits per heavy atom. The van der Waals surface area contributed by atoms with Gasteiger partial charge in [0.1, 0.15) is 0 Å². The molecule has 0 heterocycles. The van der Waals surface area contributed by atoms with E-state index in [0.29, 0.717) is 11.6 Å². The number of carbonyl (C=O) groups excluding carboxylic acids is 1. The quantitative estimate of drug-likeness (QED) is 0.658. The Labute approximate surface area is 107 Å². The number of hydrogen-bond acceptors (Lipinski definition) is 4. The van der Waals surface area contributed by atoms with Crippen LogP contribution in [0.25, 0.3) is 0 Å². The molecule has 0 spiro atoms. The minimum Gasteiger partial charge on any atom is -0.366 e. The predicted molar refractivity (Wildman–Crippen MR) is 68.4 cm³/mol. The molecule has 0 aromatic heterocycles. The smallest absolute Gasteiger partial charge is 0.356 e. The molecular formula is C14H19NO3+. The Morgan fingerprint density at radius 3 is 2.50 bits per heavy atom. The predicted octanol–water partition coefficient (Wildman–Crippen LogP) is 2.69. The van der Waals surface area contributed by atoms with E-state index in [9.17, 15) is 4.79 Å². The third-order valence-corrected chi connectivity index (χ3v) is 3.25. The van der Waals surface area contributed by atoms with Crippen molar-refractivity contribution in [1.82, 2.24) is 5.48 Å². The summed E-state index contributed by atoms with van der Waals surface area (Å²) in [7, 11) is 1.60. The fourth-order valence-electron chi connectivity index (χ4n) is 2.14. The van der Waals surface area contributed by atoms with Gasteiger partial charge in [-0.15, -0.1) is 5.48 Å². The van der Waals surface area contributed by atoms with Crippen LogP contribution in [0, 0.1) is 0 Å². The van der Waals surface area contributed by atoms with Crippen molar-refractivity contribution in [3.05, 3.63) is 29.8 Å². The summed E-state index contributed by atoms with van der Waals surface area (Å²) >= 11 is 0. The van der Waals surface area contributed by atoms with Crippen LogP contribution in [-0.2, 0) is 4.84 Å². The molecule has 0 unspecified atom stereocenters. The van der Waals surface area contributed by atoms with Crippen molar-refractivity contribution in [2.45, 2.75) is 38.1 Å². The third kappa shape index (κ3) is 3.47. The van der Waals surface area contributed by atoms with Gasteiger partial charge in [0.2, 0.25) is 0 Å². The maximum Gasteiger partial charge on any atom is 0.356 e. The van der Waals surface area contributed by atoms with E-state index in [0.717, 1.165) is 18.6 Å². The van der Waals surface area contributed by atoms with Crippen LogP contribution in [0.1, 0.15) is 42.5 Å². The molecule has 0 aliphatic heterocycles. The molecule has 0 amide bonds. The van der Waals surface area contributed by atoms with Crippen LogP contribution < -0.4 is 10.2 Å². The van der Waals surface area contributed by atoms with Crippen LogP contribution in [0.3, 0.4) is 0 Å². The van der Waals surface area contributed by atoms with E-state index in [1.54, 1.807) is 31.4 Å². The van der Waals surface area contributed by atoms with E-state index in [1.807, 2.05) is 0 Å². The average molecular weight is 249 g/mol. The molecule has 0 bridgehead atoms. The van der Waals surface area contributed by atoms with Gasteiger partial charge in [-0.2, -0.15) is 0 Å². The van der Waals surface area contributed by atoms with Gasteiger partial charge in [0.05, 0.1) is 5.56 Å². The van der Waals surface area contributed by atoms with Gasteiger partial charge in [0.15, 0.2) is 0 Å². The molecule has 1 fully saturated rings.